The zero-order chi connectivity index (χ0) is 18.0. The van der Waals surface area contributed by atoms with Gasteiger partial charge in [-0.3, -0.25) is 9.59 Å². The van der Waals surface area contributed by atoms with E-state index in [4.69, 9.17) is 4.42 Å². The molecule has 0 N–H and O–H groups in total. The van der Waals surface area contributed by atoms with E-state index in [0.29, 0.717) is 22.6 Å². The lowest BCUT2D eigenvalue weighted by Crippen LogP contribution is -2.21. The van der Waals surface area contributed by atoms with Gasteiger partial charge in [0.2, 0.25) is 5.78 Å². The first-order valence-corrected chi connectivity index (χ1v) is 8.22. The topological polar surface area (TPSA) is 47.3 Å². The Kier molecular flexibility index (Phi) is 4.41. The quantitative estimate of drug-likeness (QED) is 0.645. The Bertz CT molecular complexity index is 946. The van der Waals surface area contributed by atoms with Gasteiger partial charge in [-0.25, -0.2) is 0 Å². The number of hydrogen-bond acceptors (Lipinski definition) is 3. The summed E-state index contributed by atoms with van der Waals surface area (Å²) in [6, 6.07) is 19.5. The maximum atomic E-state index is 13.0. The number of carbonyl (C=O) groups is 1. The maximum Gasteiger partial charge on any atom is 0.200 e. The van der Waals surface area contributed by atoms with Crippen LogP contribution in [0.1, 0.15) is 42.5 Å². The average molecular weight is 332 g/mol. The molecule has 0 aliphatic carbocycles. The van der Waals surface area contributed by atoms with Gasteiger partial charge in [0.25, 0.3) is 0 Å². The lowest BCUT2D eigenvalue weighted by molar-refractivity contribution is 0.103. The van der Waals surface area contributed by atoms with Crippen molar-refractivity contribution in [2.24, 2.45) is 0 Å². The summed E-state index contributed by atoms with van der Waals surface area (Å²) in [5.41, 5.74) is 0.603. The predicted octanol–water partition coefficient (Wildman–Crippen LogP) is 4.84. The lowest BCUT2D eigenvalue weighted by atomic mass is 9.91. The van der Waals surface area contributed by atoms with Gasteiger partial charge >= 0.3 is 0 Å². The first-order chi connectivity index (χ1) is 11.9. The molecule has 0 spiro atoms. The SMILES string of the molecule is CC(C)(C)c1cc(=O)c(C(=O)c2ccccc2)c(-c2ccccc2)o1. The summed E-state index contributed by atoms with van der Waals surface area (Å²) >= 11 is 0. The third kappa shape index (κ3) is 3.45. The van der Waals surface area contributed by atoms with Crippen molar-refractivity contribution in [1.82, 2.24) is 0 Å². The second-order valence-electron chi connectivity index (χ2n) is 6.99. The van der Waals surface area contributed by atoms with E-state index in [1.807, 2.05) is 57.2 Å². The van der Waals surface area contributed by atoms with Gasteiger partial charge in [-0.1, -0.05) is 81.4 Å². The molecule has 25 heavy (non-hydrogen) atoms. The summed E-state index contributed by atoms with van der Waals surface area (Å²) in [4.78, 5) is 25.8. The third-order valence-electron chi connectivity index (χ3n) is 3.99. The van der Waals surface area contributed by atoms with Crippen LogP contribution in [0.2, 0.25) is 0 Å². The van der Waals surface area contributed by atoms with Gasteiger partial charge < -0.3 is 4.42 Å². The number of benzene rings is 2. The molecule has 0 fully saturated rings. The van der Waals surface area contributed by atoms with Crippen LogP contribution < -0.4 is 5.43 Å². The maximum absolute atomic E-state index is 13.0. The third-order valence-corrected chi connectivity index (χ3v) is 3.99. The van der Waals surface area contributed by atoms with Crippen LogP contribution in [0.15, 0.2) is 75.9 Å². The summed E-state index contributed by atoms with van der Waals surface area (Å²) < 4.78 is 6.06. The van der Waals surface area contributed by atoms with Crippen molar-refractivity contribution < 1.29 is 9.21 Å². The van der Waals surface area contributed by atoms with Crippen LogP contribution in [-0.2, 0) is 5.41 Å². The monoisotopic (exact) mass is 332 g/mol. The summed E-state index contributed by atoms with van der Waals surface area (Å²) in [5, 5.41) is 0. The van der Waals surface area contributed by atoms with Crippen LogP contribution in [-0.4, -0.2) is 5.78 Å². The van der Waals surface area contributed by atoms with E-state index in [1.54, 1.807) is 24.3 Å². The highest BCUT2D eigenvalue weighted by molar-refractivity contribution is 6.11. The molecule has 3 rings (SSSR count). The predicted molar refractivity (Wildman–Crippen MR) is 99.0 cm³/mol. The minimum absolute atomic E-state index is 0.0744. The van der Waals surface area contributed by atoms with Crippen LogP contribution in [0.25, 0.3) is 11.3 Å². The normalized spacial score (nSPS) is 11.3. The molecule has 2 aromatic carbocycles. The molecule has 1 heterocycles. The molecule has 0 atom stereocenters. The van der Waals surface area contributed by atoms with E-state index >= 15 is 0 Å². The van der Waals surface area contributed by atoms with Crippen molar-refractivity contribution in [1.29, 1.82) is 0 Å². The number of carbonyl (C=O) groups excluding carboxylic acids is 1. The highest BCUT2D eigenvalue weighted by Crippen LogP contribution is 2.29. The van der Waals surface area contributed by atoms with Gasteiger partial charge in [0.15, 0.2) is 5.43 Å². The molecular formula is C22H20O3. The fraction of sp³-hybridized carbons (Fsp3) is 0.182. The molecule has 0 unspecified atom stereocenters. The number of hydrogen-bond donors (Lipinski definition) is 0. The van der Waals surface area contributed by atoms with Crippen LogP contribution in [0.3, 0.4) is 0 Å². The number of ketones is 1. The summed E-state index contributed by atoms with van der Waals surface area (Å²) in [7, 11) is 0. The molecule has 3 nitrogen and oxygen atoms in total. The average Bonchev–Trinajstić information content (AvgIpc) is 2.61. The molecule has 3 heteroatoms. The van der Waals surface area contributed by atoms with Crippen molar-refractivity contribution in [3.8, 4) is 11.3 Å². The smallest absolute Gasteiger partial charge is 0.200 e. The minimum Gasteiger partial charge on any atom is -0.459 e. The Morgan fingerprint density at radius 1 is 0.880 bits per heavy atom. The van der Waals surface area contributed by atoms with E-state index in [0.717, 1.165) is 0 Å². The van der Waals surface area contributed by atoms with E-state index in [2.05, 4.69) is 0 Å². The van der Waals surface area contributed by atoms with Gasteiger partial charge in [0, 0.05) is 22.6 Å². The Balaban J connectivity index is 2.28. The van der Waals surface area contributed by atoms with E-state index in [-0.39, 0.29) is 22.2 Å². The van der Waals surface area contributed by atoms with Gasteiger partial charge in [0.1, 0.15) is 17.1 Å². The highest BCUT2D eigenvalue weighted by Gasteiger charge is 2.25. The molecule has 126 valence electrons. The van der Waals surface area contributed by atoms with Gasteiger partial charge in [-0.2, -0.15) is 0 Å². The molecular weight excluding hydrogens is 312 g/mol. The second-order valence-corrected chi connectivity index (χ2v) is 6.99. The minimum atomic E-state index is -0.336. The first-order valence-electron chi connectivity index (χ1n) is 8.22. The number of rotatable bonds is 3. The van der Waals surface area contributed by atoms with Gasteiger partial charge in [0.05, 0.1) is 0 Å². The molecule has 0 bridgehead atoms. The van der Waals surface area contributed by atoms with Crippen LogP contribution >= 0.6 is 0 Å². The van der Waals surface area contributed by atoms with Crippen LogP contribution in [0.4, 0.5) is 0 Å². The zero-order valence-electron chi connectivity index (χ0n) is 14.6. The largest absolute Gasteiger partial charge is 0.459 e. The van der Waals surface area contributed by atoms with Crippen molar-refractivity contribution >= 4 is 5.78 Å². The Labute approximate surface area is 146 Å². The zero-order valence-corrected chi connectivity index (χ0v) is 14.6. The van der Waals surface area contributed by atoms with Crippen molar-refractivity contribution in [3.63, 3.8) is 0 Å². The van der Waals surface area contributed by atoms with E-state index < -0.39 is 0 Å². The molecule has 0 saturated heterocycles. The van der Waals surface area contributed by atoms with Crippen molar-refractivity contribution in [3.05, 3.63) is 93.8 Å². The van der Waals surface area contributed by atoms with Crippen molar-refractivity contribution in [2.45, 2.75) is 26.2 Å². The second kappa shape index (κ2) is 6.52. The van der Waals surface area contributed by atoms with E-state index in [9.17, 15) is 9.59 Å². The van der Waals surface area contributed by atoms with Crippen LogP contribution in [0.5, 0.6) is 0 Å². The molecule has 3 aromatic rings. The van der Waals surface area contributed by atoms with Crippen molar-refractivity contribution in [2.75, 3.05) is 0 Å². The molecule has 0 saturated carbocycles. The van der Waals surface area contributed by atoms with Crippen LogP contribution in [0, 0.1) is 0 Å². The fourth-order valence-corrected chi connectivity index (χ4v) is 2.60. The Morgan fingerprint density at radius 2 is 1.44 bits per heavy atom. The Hall–Kier alpha value is -2.94. The summed E-state index contributed by atoms with van der Waals surface area (Å²) in [6.45, 7) is 5.91. The van der Waals surface area contributed by atoms with Gasteiger partial charge in [-0.15, -0.1) is 0 Å². The molecule has 0 aliphatic rings. The van der Waals surface area contributed by atoms with E-state index in [1.165, 1.54) is 6.07 Å². The Morgan fingerprint density at radius 3 is 2.00 bits per heavy atom. The summed E-state index contributed by atoms with van der Waals surface area (Å²) in [6.07, 6.45) is 0. The molecule has 0 amide bonds. The standard InChI is InChI=1S/C22H20O3/c1-22(2,3)18-14-17(23)19(20(24)15-10-6-4-7-11-15)21(25-18)16-12-8-5-9-13-16/h4-14H,1-3H3. The lowest BCUT2D eigenvalue weighted by Gasteiger charge is -2.19. The molecule has 1 aromatic heterocycles. The van der Waals surface area contributed by atoms with Gasteiger partial charge in [-0.05, 0) is 0 Å². The first kappa shape index (κ1) is 16.9. The molecule has 0 radical (unpaired) electrons. The molecule has 0 aliphatic heterocycles. The fourth-order valence-electron chi connectivity index (χ4n) is 2.60. The highest BCUT2D eigenvalue weighted by atomic mass is 16.3. The summed E-state index contributed by atoms with van der Waals surface area (Å²) in [5.74, 6) is 0.557.